The van der Waals surface area contributed by atoms with Gasteiger partial charge in [-0.1, -0.05) is 67.5 Å². The highest BCUT2D eigenvalue weighted by atomic mass is 13.9. The minimum atomic E-state index is 0.997. The van der Waals surface area contributed by atoms with Crippen molar-refractivity contribution < 1.29 is 0 Å². The van der Waals surface area contributed by atoms with Crippen LogP contribution < -0.4 is 0 Å². The van der Waals surface area contributed by atoms with Gasteiger partial charge >= 0.3 is 0 Å². The second-order valence-electron chi connectivity index (χ2n) is 3.25. The van der Waals surface area contributed by atoms with Crippen LogP contribution in [0.15, 0.2) is 62.2 Å². The van der Waals surface area contributed by atoms with Gasteiger partial charge in [0.25, 0.3) is 0 Å². The minimum Gasteiger partial charge on any atom is -0.106 e. The number of hydrogen-bond acceptors (Lipinski definition) is 0. The molecule has 0 aliphatic rings. The fourth-order valence-corrected chi connectivity index (χ4v) is 0.869. The lowest BCUT2D eigenvalue weighted by molar-refractivity contribution is 1.39. The molecule has 102 valence electrons. The lowest BCUT2D eigenvalue weighted by Crippen LogP contribution is -1.70. The molecule has 0 amide bonds. The molecule has 0 aliphatic carbocycles. The predicted molar refractivity (Wildman–Crippen MR) is 88.1 cm³/mol. The van der Waals surface area contributed by atoms with Gasteiger partial charge in [0, 0.05) is 0 Å². The van der Waals surface area contributed by atoms with E-state index >= 15 is 0 Å². The van der Waals surface area contributed by atoms with E-state index in [9.17, 15) is 0 Å². The summed E-state index contributed by atoms with van der Waals surface area (Å²) in [5, 5.41) is 0. The van der Waals surface area contributed by atoms with E-state index in [0.717, 1.165) is 6.42 Å². The van der Waals surface area contributed by atoms with Crippen LogP contribution in [0.3, 0.4) is 0 Å². The highest BCUT2D eigenvalue weighted by molar-refractivity contribution is 5.19. The van der Waals surface area contributed by atoms with Gasteiger partial charge < -0.3 is 0 Å². The molecule has 0 aromatic heterocycles. The summed E-state index contributed by atoms with van der Waals surface area (Å²) < 4.78 is 0. The largest absolute Gasteiger partial charge is 0.106 e. The van der Waals surface area contributed by atoms with Crippen molar-refractivity contribution in [3.05, 3.63) is 73.4 Å². The molecule has 0 spiro atoms. The molecule has 0 heteroatoms. The summed E-state index contributed by atoms with van der Waals surface area (Å²) in [6.07, 6.45) is 6.95. The molecule has 1 rings (SSSR count). The SMILES string of the molecule is C=C.C=CC/C=C\C.CC.Cc1ccc(C)cc1. The van der Waals surface area contributed by atoms with Crippen LogP contribution in [0.1, 0.15) is 38.3 Å². The smallest absolute Gasteiger partial charge is 0.0172 e. The topological polar surface area (TPSA) is 0 Å². The summed E-state index contributed by atoms with van der Waals surface area (Å²) in [6, 6.07) is 8.48. The van der Waals surface area contributed by atoms with Gasteiger partial charge in [-0.15, -0.1) is 19.7 Å². The number of aryl methyl sites for hydroxylation is 2. The molecule has 0 aliphatic heterocycles. The molecule has 0 radical (unpaired) electrons. The van der Waals surface area contributed by atoms with Crippen molar-refractivity contribution in [2.45, 2.75) is 41.0 Å². The number of allylic oxidation sites excluding steroid dienone is 3. The van der Waals surface area contributed by atoms with Crippen molar-refractivity contribution in [3.63, 3.8) is 0 Å². The third kappa shape index (κ3) is 19.9. The van der Waals surface area contributed by atoms with E-state index in [1.54, 1.807) is 0 Å². The number of rotatable bonds is 2. The summed E-state index contributed by atoms with van der Waals surface area (Å²) in [6.45, 7) is 19.7. The summed E-state index contributed by atoms with van der Waals surface area (Å²) in [5.41, 5.74) is 2.66. The molecule has 0 nitrogen and oxygen atoms in total. The van der Waals surface area contributed by atoms with Crippen molar-refractivity contribution in [1.82, 2.24) is 0 Å². The Balaban J connectivity index is -0.000000201. The van der Waals surface area contributed by atoms with E-state index in [-0.39, 0.29) is 0 Å². The molecule has 0 heterocycles. The van der Waals surface area contributed by atoms with Gasteiger partial charge in [0.1, 0.15) is 0 Å². The molecule has 0 fully saturated rings. The molecule has 1 aromatic rings. The van der Waals surface area contributed by atoms with Crippen LogP contribution in [-0.2, 0) is 0 Å². The van der Waals surface area contributed by atoms with Gasteiger partial charge in [0.15, 0.2) is 0 Å². The highest BCUT2D eigenvalue weighted by Gasteiger charge is 1.79. The Morgan fingerprint density at radius 2 is 1.28 bits per heavy atom. The van der Waals surface area contributed by atoms with Gasteiger partial charge in [-0.3, -0.25) is 0 Å². The first kappa shape index (κ1) is 21.7. The number of hydrogen-bond donors (Lipinski definition) is 0. The van der Waals surface area contributed by atoms with Gasteiger partial charge in [0.05, 0.1) is 0 Å². The van der Waals surface area contributed by atoms with Crippen LogP contribution in [0.2, 0.25) is 0 Å². The van der Waals surface area contributed by atoms with Crippen LogP contribution in [0, 0.1) is 13.8 Å². The van der Waals surface area contributed by atoms with Crippen LogP contribution >= 0.6 is 0 Å². The third-order valence-electron chi connectivity index (χ3n) is 1.76. The first-order chi connectivity index (χ1) is 8.70. The third-order valence-corrected chi connectivity index (χ3v) is 1.76. The van der Waals surface area contributed by atoms with Gasteiger partial charge in [0.2, 0.25) is 0 Å². The van der Waals surface area contributed by atoms with Crippen LogP contribution in [0.25, 0.3) is 0 Å². The summed E-state index contributed by atoms with van der Waals surface area (Å²) in [5.74, 6) is 0. The second-order valence-corrected chi connectivity index (χ2v) is 3.25. The Morgan fingerprint density at radius 1 is 0.944 bits per heavy atom. The van der Waals surface area contributed by atoms with Crippen LogP contribution in [-0.4, -0.2) is 0 Å². The molecule has 0 atom stereocenters. The fourth-order valence-electron chi connectivity index (χ4n) is 0.869. The maximum Gasteiger partial charge on any atom is -0.0172 e. The van der Waals surface area contributed by atoms with Crippen molar-refractivity contribution in [2.75, 3.05) is 0 Å². The standard InChI is InChI=1S/C8H10.C6H10.C2H6.C2H4/c1-7-3-5-8(2)6-4-7;1-3-5-6-4-2;2*1-2/h3-6H,1-2H3;3-4,6H,1,5H2,2H3;1-2H3;1-2H2/b;6-4-;;. The molecule has 1 aromatic carbocycles. The van der Waals surface area contributed by atoms with Crippen LogP contribution in [0.5, 0.6) is 0 Å². The molecule has 18 heavy (non-hydrogen) atoms. The lowest BCUT2D eigenvalue weighted by atomic mass is 10.2. The first-order valence-electron chi connectivity index (χ1n) is 6.46. The molecule has 0 saturated carbocycles. The van der Waals surface area contributed by atoms with Crippen molar-refractivity contribution in [1.29, 1.82) is 0 Å². The Labute approximate surface area is 115 Å². The molecule has 0 N–H and O–H groups in total. The summed E-state index contributed by atoms with van der Waals surface area (Å²) in [7, 11) is 0. The molecule has 0 saturated heterocycles. The predicted octanol–water partition coefficient (Wildman–Crippen LogP) is 6.27. The molecular weight excluding hydrogens is 216 g/mol. The zero-order chi connectivity index (χ0) is 14.8. The van der Waals surface area contributed by atoms with E-state index < -0.39 is 0 Å². The maximum absolute atomic E-state index is 3.55. The van der Waals surface area contributed by atoms with Crippen LogP contribution in [0.4, 0.5) is 0 Å². The minimum absolute atomic E-state index is 0.997. The zero-order valence-corrected chi connectivity index (χ0v) is 12.9. The maximum atomic E-state index is 3.55. The molecule has 0 unspecified atom stereocenters. The van der Waals surface area contributed by atoms with Crippen molar-refractivity contribution in [2.24, 2.45) is 0 Å². The molecular formula is C18H30. The van der Waals surface area contributed by atoms with E-state index in [0.29, 0.717) is 0 Å². The quantitative estimate of drug-likeness (QED) is 0.539. The van der Waals surface area contributed by atoms with Crippen molar-refractivity contribution in [3.8, 4) is 0 Å². The van der Waals surface area contributed by atoms with E-state index in [2.05, 4.69) is 63.9 Å². The second kappa shape index (κ2) is 20.8. The average Bonchev–Trinajstić information content (AvgIpc) is 2.45. The summed E-state index contributed by atoms with van der Waals surface area (Å²) >= 11 is 0. The van der Waals surface area contributed by atoms with Gasteiger partial charge in [-0.25, -0.2) is 0 Å². The zero-order valence-electron chi connectivity index (χ0n) is 12.9. The van der Waals surface area contributed by atoms with Gasteiger partial charge in [-0.2, -0.15) is 0 Å². The summed E-state index contributed by atoms with van der Waals surface area (Å²) in [4.78, 5) is 0. The monoisotopic (exact) mass is 246 g/mol. The molecule has 0 bridgehead atoms. The Hall–Kier alpha value is -1.56. The Morgan fingerprint density at radius 3 is 1.44 bits per heavy atom. The van der Waals surface area contributed by atoms with Gasteiger partial charge in [-0.05, 0) is 27.2 Å². The van der Waals surface area contributed by atoms with E-state index in [1.807, 2.05) is 32.9 Å². The number of benzene rings is 1. The van der Waals surface area contributed by atoms with Crippen molar-refractivity contribution >= 4 is 0 Å². The lowest BCUT2D eigenvalue weighted by Gasteiger charge is -1.90. The van der Waals surface area contributed by atoms with E-state index in [1.165, 1.54) is 11.1 Å². The Bertz CT molecular complexity index is 256. The fraction of sp³-hybridized carbons (Fsp3) is 0.333. The Kier molecular flexibility index (Phi) is 25.1. The van der Waals surface area contributed by atoms with E-state index in [4.69, 9.17) is 0 Å². The normalized spacial score (nSPS) is 7.83. The average molecular weight is 246 g/mol. The highest BCUT2D eigenvalue weighted by Crippen LogP contribution is 1.99. The first-order valence-corrected chi connectivity index (χ1v) is 6.46.